The van der Waals surface area contributed by atoms with Crippen LogP contribution >= 0.6 is 50.9 Å². The molecule has 0 aliphatic carbocycles. The molecule has 0 aromatic heterocycles. The normalized spacial score (nSPS) is 0.800. The number of halogens is 3. The van der Waals surface area contributed by atoms with Crippen molar-refractivity contribution in [3.8, 4) is 0 Å². The third-order valence-electron chi connectivity index (χ3n) is 0. The zero-order valence-corrected chi connectivity index (χ0v) is 9.19. The summed E-state index contributed by atoms with van der Waals surface area (Å²) in [6.45, 7) is 0. The van der Waals surface area contributed by atoms with Crippen molar-refractivity contribution in [2.45, 2.75) is 0 Å². The minimum atomic E-state index is 0. The second kappa shape index (κ2) is 38.7. The van der Waals surface area contributed by atoms with Gasteiger partial charge in [-0.2, -0.15) is 0 Å². The van der Waals surface area contributed by atoms with Gasteiger partial charge < -0.3 is 0 Å². The molecule has 0 bridgehead atoms. The van der Waals surface area contributed by atoms with E-state index in [4.69, 9.17) is 3.40 Å². The minimum absolute atomic E-state index is 0. The first-order valence-corrected chi connectivity index (χ1v) is 0.986. The molecule has 0 rings (SSSR count). The molecule has 36 valence electrons. The molecule has 0 radical (unpaired) electrons. The molecule has 0 saturated carbocycles. The van der Waals surface area contributed by atoms with Crippen molar-refractivity contribution in [1.29, 1.82) is 0 Å². The number of hydrogen-bond acceptors (Lipinski definition) is 1. The summed E-state index contributed by atoms with van der Waals surface area (Å²) in [6.07, 6.45) is 0. The Morgan fingerprint density at radius 3 is 0.800 bits per heavy atom. The molecule has 5 heavy (non-hydrogen) atoms. The summed E-state index contributed by atoms with van der Waals surface area (Å²) in [7, 11) is 0. The first-order valence-electron chi connectivity index (χ1n) is 0.167. The standard InChI is InChI=1S/3BrH.Mo.O/h3*1H;;. The summed E-state index contributed by atoms with van der Waals surface area (Å²) >= 11 is 0.700. The Bertz CT molecular complexity index is 6.85. The molecule has 0 heterocycles. The van der Waals surface area contributed by atoms with Crippen LogP contribution < -0.4 is 0 Å². The van der Waals surface area contributed by atoms with Gasteiger partial charge in [-0.25, -0.2) is 0 Å². The van der Waals surface area contributed by atoms with E-state index in [1.54, 1.807) is 0 Å². The fourth-order valence-electron chi connectivity index (χ4n) is 0. The van der Waals surface area contributed by atoms with Gasteiger partial charge in [-0.1, -0.05) is 0 Å². The Balaban J connectivity index is -0.00000000167. The van der Waals surface area contributed by atoms with Crippen molar-refractivity contribution in [3.05, 3.63) is 0 Å². The molecule has 0 saturated heterocycles. The van der Waals surface area contributed by atoms with Gasteiger partial charge in [-0.3, -0.25) is 0 Å². The monoisotopic (exact) mass is 354 g/mol. The first-order chi connectivity index (χ1) is 1.00. The van der Waals surface area contributed by atoms with Gasteiger partial charge in [0.25, 0.3) is 0 Å². The molecule has 0 aliphatic rings. The van der Waals surface area contributed by atoms with Crippen molar-refractivity contribution in [2.24, 2.45) is 0 Å². The van der Waals surface area contributed by atoms with E-state index in [1.807, 2.05) is 0 Å². The molecule has 0 spiro atoms. The molecule has 0 aromatic rings. The van der Waals surface area contributed by atoms with Gasteiger partial charge in [-0.05, 0) is 0 Å². The molecule has 0 N–H and O–H groups in total. The third kappa shape index (κ3) is 24.6. The fourth-order valence-corrected chi connectivity index (χ4v) is 0. The average Bonchev–Trinajstić information content (AvgIpc) is 1.00. The summed E-state index contributed by atoms with van der Waals surface area (Å²) in [6, 6.07) is 0. The van der Waals surface area contributed by atoms with E-state index in [0.29, 0.717) is 19.8 Å². The molecule has 5 heteroatoms. The van der Waals surface area contributed by atoms with E-state index >= 15 is 0 Å². The molecule has 0 aliphatic heterocycles. The maximum absolute atomic E-state index is 8.26. The van der Waals surface area contributed by atoms with Gasteiger partial charge in [0.15, 0.2) is 0 Å². The van der Waals surface area contributed by atoms with Crippen LogP contribution in [-0.2, 0) is 23.2 Å². The molecular formula is H3Br3MoO. The Labute approximate surface area is 73.4 Å². The second-order valence-corrected chi connectivity index (χ2v) is 0. The molecule has 0 atom stereocenters. The summed E-state index contributed by atoms with van der Waals surface area (Å²) in [4.78, 5) is 0. The molecular weight excluding hydrogens is 352 g/mol. The van der Waals surface area contributed by atoms with E-state index in [2.05, 4.69) is 0 Å². The number of hydrogen-bond donors (Lipinski definition) is 0. The van der Waals surface area contributed by atoms with E-state index in [-0.39, 0.29) is 50.9 Å². The SMILES string of the molecule is Br.Br.Br.[O]=[Mo]. The molecule has 0 aromatic carbocycles. The van der Waals surface area contributed by atoms with Crippen LogP contribution in [-0.4, -0.2) is 0 Å². The summed E-state index contributed by atoms with van der Waals surface area (Å²) < 4.78 is 8.26. The summed E-state index contributed by atoms with van der Waals surface area (Å²) in [5.41, 5.74) is 0. The summed E-state index contributed by atoms with van der Waals surface area (Å²) in [5, 5.41) is 0. The van der Waals surface area contributed by atoms with Gasteiger partial charge in [0.05, 0.1) is 0 Å². The van der Waals surface area contributed by atoms with E-state index in [1.165, 1.54) is 0 Å². The van der Waals surface area contributed by atoms with Crippen molar-refractivity contribution in [3.63, 3.8) is 0 Å². The van der Waals surface area contributed by atoms with Gasteiger partial charge in [-0.15, -0.1) is 50.9 Å². The zero-order valence-electron chi connectivity index (χ0n) is 2.04. The fraction of sp³-hybridized carbons (Fsp3) is 0. The first kappa shape index (κ1) is 28.4. The van der Waals surface area contributed by atoms with Gasteiger partial charge >= 0.3 is 23.2 Å². The Morgan fingerprint density at radius 2 is 0.800 bits per heavy atom. The Morgan fingerprint density at radius 1 is 0.800 bits per heavy atom. The molecule has 1 nitrogen and oxygen atoms in total. The maximum atomic E-state index is 8.26. The van der Waals surface area contributed by atoms with Crippen LogP contribution in [0.4, 0.5) is 0 Å². The van der Waals surface area contributed by atoms with Gasteiger partial charge in [0, 0.05) is 0 Å². The predicted molar refractivity (Wildman–Crippen MR) is 31.7 cm³/mol. The van der Waals surface area contributed by atoms with Crippen LogP contribution in [0.2, 0.25) is 0 Å². The van der Waals surface area contributed by atoms with Crippen molar-refractivity contribution >= 4 is 50.9 Å². The van der Waals surface area contributed by atoms with Crippen LogP contribution in [0.3, 0.4) is 0 Å². The predicted octanol–water partition coefficient (Wildman–Crippen LogP) is 1.61. The third-order valence-corrected chi connectivity index (χ3v) is 0. The van der Waals surface area contributed by atoms with Crippen LogP contribution in [0.15, 0.2) is 0 Å². The van der Waals surface area contributed by atoms with Crippen LogP contribution in [0.25, 0.3) is 0 Å². The van der Waals surface area contributed by atoms with E-state index in [0.717, 1.165) is 0 Å². The summed E-state index contributed by atoms with van der Waals surface area (Å²) in [5.74, 6) is 0. The zero-order chi connectivity index (χ0) is 2.00. The van der Waals surface area contributed by atoms with Gasteiger partial charge in [0.2, 0.25) is 0 Å². The topological polar surface area (TPSA) is 17.1 Å². The van der Waals surface area contributed by atoms with Crippen molar-refractivity contribution < 1.29 is 23.2 Å². The Hall–Kier alpha value is 1.93. The Kier molecular flexibility index (Phi) is 220. The second-order valence-electron chi connectivity index (χ2n) is 0. The van der Waals surface area contributed by atoms with Crippen molar-refractivity contribution in [1.82, 2.24) is 0 Å². The van der Waals surface area contributed by atoms with E-state index in [9.17, 15) is 0 Å². The molecule has 0 amide bonds. The van der Waals surface area contributed by atoms with Crippen LogP contribution in [0, 0.1) is 0 Å². The van der Waals surface area contributed by atoms with Crippen molar-refractivity contribution in [2.75, 3.05) is 0 Å². The quantitative estimate of drug-likeness (QED) is 0.604. The molecule has 0 unspecified atom stereocenters. The molecule has 0 fully saturated rings. The van der Waals surface area contributed by atoms with Gasteiger partial charge in [0.1, 0.15) is 0 Å². The average molecular weight is 355 g/mol. The van der Waals surface area contributed by atoms with Crippen LogP contribution in [0.1, 0.15) is 0 Å². The van der Waals surface area contributed by atoms with E-state index < -0.39 is 0 Å². The number of rotatable bonds is 0. The van der Waals surface area contributed by atoms with Crippen LogP contribution in [0.5, 0.6) is 0 Å².